The van der Waals surface area contributed by atoms with Gasteiger partial charge in [0.2, 0.25) is 0 Å². The summed E-state index contributed by atoms with van der Waals surface area (Å²) in [5.41, 5.74) is 0.226. The first-order valence-electron chi connectivity index (χ1n) is 6.18. The predicted octanol–water partition coefficient (Wildman–Crippen LogP) is 1.00. The van der Waals surface area contributed by atoms with Gasteiger partial charge in [0.05, 0.1) is 6.61 Å². The van der Waals surface area contributed by atoms with Crippen molar-refractivity contribution >= 4 is 0 Å². The molecule has 2 saturated heterocycles. The van der Waals surface area contributed by atoms with Crippen LogP contribution in [0.2, 0.25) is 0 Å². The van der Waals surface area contributed by atoms with Crippen molar-refractivity contribution in [1.82, 2.24) is 10.6 Å². The molecule has 0 bridgehead atoms. The van der Waals surface area contributed by atoms with Gasteiger partial charge in [-0.15, -0.1) is 0 Å². The maximum absolute atomic E-state index is 5.29. The molecule has 3 nitrogen and oxygen atoms in total. The second-order valence-electron chi connectivity index (χ2n) is 5.43. The summed E-state index contributed by atoms with van der Waals surface area (Å²) in [4.78, 5) is 0. The lowest BCUT2D eigenvalue weighted by Gasteiger charge is -2.29. The van der Waals surface area contributed by atoms with Crippen LogP contribution in [0.4, 0.5) is 0 Å². The lowest BCUT2D eigenvalue weighted by molar-refractivity contribution is 0.125. The molecule has 0 radical (unpaired) electrons. The van der Waals surface area contributed by atoms with Crippen LogP contribution in [0, 0.1) is 11.8 Å². The van der Waals surface area contributed by atoms with E-state index in [9.17, 15) is 0 Å². The lowest BCUT2D eigenvalue weighted by atomic mass is 9.81. The Labute approximate surface area is 93.0 Å². The summed E-state index contributed by atoms with van der Waals surface area (Å²) in [7, 11) is 1.80. The number of hydrogen-bond acceptors (Lipinski definition) is 3. The molecule has 0 spiro atoms. The first-order valence-corrected chi connectivity index (χ1v) is 6.18. The van der Waals surface area contributed by atoms with E-state index >= 15 is 0 Å². The molecule has 2 aliphatic rings. The van der Waals surface area contributed by atoms with Gasteiger partial charge >= 0.3 is 0 Å². The minimum Gasteiger partial charge on any atom is -0.383 e. The van der Waals surface area contributed by atoms with Crippen molar-refractivity contribution in [2.45, 2.75) is 31.7 Å². The number of methoxy groups -OCH3 is 1. The Kier molecular flexibility index (Phi) is 3.65. The van der Waals surface area contributed by atoms with Crippen molar-refractivity contribution in [2.24, 2.45) is 11.8 Å². The smallest absolute Gasteiger partial charge is 0.0641 e. The number of piperidine rings is 1. The molecule has 0 aromatic carbocycles. The summed E-state index contributed by atoms with van der Waals surface area (Å²) in [6.07, 6.45) is 4.00. The molecule has 0 aromatic rings. The van der Waals surface area contributed by atoms with E-state index in [4.69, 9.17) is 4.74 Å². The predicted molar refractivity (Wildman–Crippen MR) is 62.0 cm³/mol. The maximum atomic E-state index is 5.29. The number of hydrogen-bond donors (Lipinski definition) is 2. The molecule has 0 amide bonds. The van der Waals surface area contributed by atoms with Crippen LogP contribution in [-0.4, -0.2) is 38.9 Å². The Bertz CT molecular complexity index is 204. The van der Waals surface area contributed by atoms with Gasteiger partial charge in [-0.2, -0.15) is 0 Å². The summed E-state index contributed by atoms with van der Waals surface area (Å²) in [5, 5.41) is 7.07. The van der Waals surface area contributed by atoms with Crippen LogP contribution in [0.15, 0.2) is 0 Å². The van der Waals surface area contributed by atoms with Gasteiger partial charge in [-0.3, -0.25) is 0 Å². The molecule has 2 N–H and O–H groups in total. The molecule has 2 unspecified atom stereocenters. The van der Waals surface area contributed by atoms with Gasteiger partial charge in [0.25, 0.3) is 0 Å². The molecule has 2 heterocycles. The average Bonchev–Trinajstić information content (AvgIpc) is 2.63. The van der Waals surface area contributed by atoms with Crippen molar-refractivity contribution in [3.8, 4) is 0 Å². The average molecular weight is 212 g/mol. The Hall–Kier alpha value is -0.120. The van der Waals surface area contributed by atoms with Crippen LogP contribution in [0.3, 0.4) is 0 Å². The Morgan fingerprint density at radius 2 is 2.00 bits per heavy atom. The molecule has 2 atom stereocenters. The molecule has 2 fully saturated rings. The molecule has 2 aliphatic heterocycles. The molecule has 0 aliphatic carbocycles. The Balaban J connectivity index is 1.85. The molecule has 0 saturated carbocycles. The van der Waals surface area contributed by atoms with Gasteiger partial charge in [-0.1, -0.05) is 0 Å². The van der Waals surface area contributed by atoms with E-state index in [1.165, 1.54) is 38.9 Å². The fourth-order valence-corrected chi connectivity index (χ4v) is 3.18. The summed E-state index contributed by atoms with van der Waals surface area (Å²) < 4.78 is 5.29. The highest BCUT2D eigenvalue weighted by Crippen LogP contribution is 2.33. The van der Waals surface area contributed by atoms with Crippen molar-refractivity contribution in [3.63, 3.8) is 0 Å². The standard InChI is InChI=1S/C12H24N2O/c1-12(9-15-2)7-11(8-14-12)10-3-5-13-6-4-10/h10-11,13-14H,3-9H2,1-2H3. The highest BCUT2D eigenvalue weighted by atomic mass is 16.5. The topological polar surface area (TPSA) is 33.3 Å². The fourth-order valence-electron chi connectivity index (χ4n) is 3.18. The minimum atomic E-state index is 0.226. The van der Waals surface area contributed by atoms with Crippen LogP contribution >= 0.6 is 0 Å². The third-order valence-corrected chi connectivity index (χ3v) is 4.02. The largest absolute Gasteiger partial charge is 0.383 e. The zero-order valence-electron chi connectivity index (χ0n) is 10.0. The number of nitrogens with one attached hydrogen (secondary N) is 2. The van der Waals surface area contributed by atoms with Crippen LogP contribution in [-0.2, 0) is 4.74 Å². The van der Waals surface area contributed by atoms with E-state index in [0.717, 1.165) is 18.4 Å². The van der Waals surface area contributed by atoms with Crippen LogP contribution in [0.25, 0.3) is 0 Å². The summed E-state index contributed by atoms with van der Waals surface area (Å²) in [6, 6.07) is 0. The van der Waals surface area contributed by atoms with E-state index in [2.05, 4.69) is 17.6 Å². The molecular formula is C12H24N2O. The van der Waals surface area contributed by atoms with Crippen molar-refractivity contribution in [1.29, 1.82) is 0 Å². The van der Waals surface area contributed by atoms with Gasteiger partial charge in [0.15, 0.2) is 0 Å². The summed E-state index contributed by atoms with van der Waals surface area (Å²) in [5.74, 6) is 1.80. The second kappa shape index (κ2) is 4.81. The normalized spacial score (nSPS) is 38.4. The zero-order chi connectivity index (χ0) is 10.7. The van der Waals surface area contributed by atoms with Gasteiger partial charge in [0, 0.05) is 12.6 Å². The lowest BCUT2D eigenvalue weighted by Crippen LogP contribution is -2.40. The fraction of sp³-hybridized carbons (Fsp3) is 1.00. The monoisotopic (exact) mass is 212 g/mol. The maximum Gasteiger partial charge on any atom is 0.0641 e. The van der Waals surface area contributed by atoms with E-state index in [-0.39, 0.29) is 5.54 Å². The van der Waals surface area contributed by atoms with Gasteiger partial charge in [0.1, 0.15) is 0 Å². The van der Waals surface area contributed by atoms with E-state index in [0.29, 0.717) is 0 Å². The summed E-state index contributed by atoms with van der Waals surface area (Å²) >= 11 is 0. The quantitative estimate of drug-likeness (QED) is 0.732. The van der Waals surface area contributed by atoms with Gasteiger partial charge in [-0.05, 0) is 57.7 Å². The highest BCUT2D eigenvalue weighted by Gasteiger charge is 2.38. The van der Waals surface area contributed by atoms with Crippen molar-refractivity contribution < 1.29 is 4.74 Å². The third-order valence-electron chi connectivity index (χ3n) is 4.02. The SMILES string of the molecule is COCC1(C)CC(C2CCNCC2)CN1. The van der Waals surface area contributed by atoms with E-state index < -0.39 is 0 Å². The van der Waals surface area contributed by atoms with E-state index in [1.807, 2.05) is 0 Å². The molecule has 88 valence electrons. The van der Waals surface area contributed by atoms with Gasteiger partial charge in [-0.25, -0.2) is 0 Å². The molecule has 15 heavy (non-hydrogen) atoms. The second-order valence-corrected chi connectivity index (χ2v) is 5.43. The summed E-state index contributed by atoms with van der Waals surface area (Å²) in [6.45, 7) is 6.74. The van der Waals surface area contributed by atoms with Crippen LogP contribution in [0.5, 0.6) is 0 Å². The van der Waals surface area contributed by atoms with Crippen LogP contribution in [0.1, 0.15) is 26.2 Å². The van der Waals surface area contributed by atoms with Gasteiger partial charge < -0.3 is 15.4 Å². The minimum absolute atomic E-state index is 0.226. The Morgan fingerprint density at radius 1 is 1.27 bits per heavy atom. The van der Waals surface area contributed by atoms with Crippen LogP contribution < -0.4 is 10.6 Å². The molecule has 2 rings (SSSR count). The molecule has 0 aromatic heterocycles. The zero-order valence-corrected chi connectivity index (χ0v) is 10.0. The third kappa shape index (κ3) is 2.71. The highest BCUT2D eigenvalue weighted by molar-refractivity contribution is 4.95. The Morgan fingerprint density at radius 3 is 2.67 bits per heavy atom. The van der Waals surface area contributed by atoms with Crippen molar-refractivity contribution in [3.05, 3.63) is 0 Å². The first kappa shape index (κ1) is 11.4. The number of ether oxygens (including phenoxy) is 1. The molecular weight excluding hydrogens is 188 g/mol. The van der Waals surface area contributed by atoms with E-state index in [1.54, 1.807) is 7.11 Å². The first-order chi connectivity index (χ1) is 7.23. The number of rotatable bonds is 3. The van der Waals surface area contributed by atoms with Crippen molar-refractivity contribution in [2.75, 3.05) is 33.4 Å². The molecule has 3 heteroatoms.